The zero-order chi connectivity index (χ0) is 22.7. The van der Waals surface area contributed by atoms with Crippen LogP contribution in [-0.4, -0.2) is 87.9 Å². The SMILES string of the molecule is COC(=O)[C@@H]1CCCN1C[C@@H]1CC2(CCN(C(=O)c3cc(OC)cc(OC)c3)CC2)CO1. The number of methoxy groups -OCH3 is 3. The van der Waals surface area contributed by atoms with Gasteiger partial charge in [0, 0.05) is 31.3 Å². The molecule has 3 aliphatic heterocycles. The topological polar surface area (TPSA) is 77.5 Å². The van der Waals surface area contributed by atoms with Gasteiger partial charge in [-0.15, -0.1) is 0 Å². The summed E-state index contributed by atoms with van der Waals surface area (Å²) in [6, 6.07) is 5.15. The van der Waals surface area contributed by atoms with Crippen LogP contribution in [0.5, 0.6) is 11.5 Å². The zero-order valence-corrected chi connectivity index (χ0v) is 19.3. The molecule has 0 aliphatic carbocycles. The Labute approximate surface area is 189 Å². The maximum atomic E-state index is 13.1. The fourth-order valence-corrected chi connectivity index (χ4v) is 5.37. The molecule has 0 aromatic heterocycles. The number of hydrogen-bond donors (Lipinski definition) is 0. The number of rotatable bonds is 6. The number of hydrogen-bond acceptors (Lipinski definition) is 7. The van der Waals surface area contributed by atoms with Gasteiger partial charge in [0.25, 0.3) is 5.91 Å². The fourth-order valence-electron chi connectivity index (χ4n) is 5.37. The van der Waals surface area contributed by atoms with E-state index in [1.807, 2.05) is 4.90 Å². The van der Waals surface area contributed by atoms with Gasteiger partial charge in [-0.25, -0.2) is 0 Å². The average molecular weight is 447 g/mol. The Bertz CT molecular complexity index is 814. The quantitative estimate of drug-likeness (QED) is 0.621. The van der Waals surface area contributed by atoms with Gasteiger partial charge in [-0.1, -0.05) is 0 Å². The van der Waals surface area contributed by atoms with Crippen molar-refractivity contribution in [1.29, 1.82) is 0 Å². The van der Waals surface area contributed by atoms with Gasteiger partial charge in [-0.2, -0.15) is 0 Å². The Morgan fingerprint density at radius 2 is 1.75 bits per heavy atom. The summed E-state index contributed by atoms with van der Waals surface area (Å²) in [6.07, 6.45) is 4.84. The van der Waals surface area contributed by atoms with Gasteiger partial charge in [0.2, 0.25) is 0 Å². The van der Waals surface area contributed by atoms with Crippen molar-refractivity contribution in [3.63, 3.8) is 0 Å². The molecule has 8 nitrogen and oxygen atoms in total. The van der Waals surface area contributed by atoms with Crippen molar-refractivity contribution in [3.8, 4) is 11.5 Å². The molecule has 1 aromatic carbocycles. The van der Waals surface area contributed by atoms with Crippen molar-refractivity contribution in [1.82, 2.24) is 9.80 Å². The summed E-state index contributed by atoms with van der Waals surface area (Å²) in [5.74, 6) is 1.09. The lowest BCUT2D eigenvalue weighted by molar-refractivity contribution is -0.146. The molecule has 2 atom stereocenters. The predicted octanol–water partition coefficient (Wildman–Crippen LogP) is 2.35. The highest BCUT2D eigenvalue weighted by atomic mass is 16.5. The number of benzene rings is 1. The Hall–Kier alpha value is -2.32. The second-order valence-electron chi connectivity index (χ2n) is 9.21. The second kappa shape index (κ2) is 9.67. The van der Waals surface area contributed by atoms with Crippen LogP contribution in [0.2, 0.25) is 0 Å². The van der Waals surface area contributed by atoms with Crippen molar-refractivity contribution in [2.75, 3.05) is 54.1 Å². The summed E-state index contributed by atoms with van der Waals surface area (Å²) in [7, 11) is 4.62. The zero-order valence-electron chi connectivity index (χ0n) is 19.3. The molecule has 0 radical (unpaired) electrons. The predicted molar refractivity (Wildman–Crippen MR) is 118 cm³/mol. The van der Waals surface area contributed by atoms with E-state index in [1.165, 1.54) is 7.11 Å². The van der Waals surface area contributed by atoms with Crippen LogP contribution in [0.1, 0.15) is 42.5 Å². The number of piperidine rings is 1. The third-order valence-corrected chi connectivity index (χ3v) is 7.27. The molecule has 8 heteroatoms. The van der Waals surface area contributed by atoms with E-state index in [1.54, 1.807) is 32.4 Å². The maximum Gasteiger partial charge on any atom is 0.323 e. The van der Waals surface area contributed by atoms with Gasteiger partial charge in [0.1, 0.15) is 17.5 Å². The van der Waals surface area contributed by atoms with Gasteiger partial charge in [-0.05, 0) is 56.2 Å². The second-order valence-corrected chi connectivity index (χ2v) is 9.21. The molecular weight excluding hydrogens is 412 g/mol. The molecule has 0 bridgehead atoms. The van der Waals surface area contributed by atoms with Gasteiger partial charge in [0.05, 0.1) is 34.0 Å². The summed E-state index contributed by atoms with van der Waals surface area (Å²) < 4.78 is 21.8. The van der Waals surface area contributed by atoms with Crippen LogP contribution in [0, 0.1) is 5.41 Å². The van der Waals surface area contributed by atoms with Crippen LogP contribution in [0.15, 0.2) is 18.2 Å². The first kappa shape index (κ1) is 22.9. The summed E-state index contributed by atoms with van der Waals surface area (Å²) in [6.45, 7) is 3.84. The minimum Gasteiger partial charge on any atom is -0.497 e. The maximum absolute atomic E-state index is 13.1. The molecule has 3 saturated heterocycles. The number of esters is 1. The van der Waals surface area contributed by atoms with Crippen LogP contribution >= 0.6 is 0 Å². The molecule has 0 unspecified atom stereocenters. The number of carbonyl (C=O) groups excluding carboxylic acids is 2. The van der Waals surface area contributed by atoms with Crippen LogP contribution < -0.4 is 9.47 Å². The Morgan fingerprint density at radius 3 is 2.38 bits per heavy atom. The monoisotopic (exact) mass is 446 g/mol. The molecule has 1 aromatic rings. The van der Waals surface area contributed by atoms with E-state index >= 15 is 0 Å². The lowest BCUT2D eigenvalue weighted by Gasteiger charge is -2.38. The average Bonchev–Trinajstić information content (AvgIpc) is 3.45. The highest BCUT2D eigenvalue weighted by Gasteiger charge is 2.44. The highest BCUT2D eigenvalue weighted by Crippen LogP contribution is 2.43. The van der Waals surface area contributed by atoms with E-state index in [0.29, 0.717) is 30.2 Å². The fraction of sp³-hybridized carbons (Fsp3) is 0.667. The molecule has 3 fully saturated rings. The molecule has 176 valence electrons. The third kappa shape index (κ3) is 4.71. The summed E-state index contributed by atoms with van der Waals surface area (Å²) in [5.41, 5.74) is 0.703. The Kier molecular flexibility index (Phi) is 6.90. The first-order chi connectivity index (χ1) is 15.5. The number of carbonyl (C=O) groups is 2. The molecule has 4 rings (SSSR count). The minimum absolute atomic E-state index is 0.00509. The standard InChI is InChI=1S/C24H34N2O6/c1-29-18-11-17(12-19(13-18)30-2)22(27)25-9-6-24(7-10-25)14-20(32-16-24)15-26-8-4-5-21(26)23(28)31-3/h11-13,20-21H,4-10,14-16H2,1-3H3/t20-,21-/m0/s1. The van der Waals surface area contributed by atoms with E-state index in [2.05, 4.69) is 4.90 Å². The van der Waals surface area contributed by atoms with Crippen LogP contribution in [0.4, 0.5) is 0 Å². The van der Waals surface area contributed by atoms with Crippen molar-refractivity contribution < 1.29 is 28.5 Å². The molecule has 0 N–H and O–H groups in total. The molecule has 3 aliphatic rings. The van der Waals surface area contributed by atoms with Crippen LogP contribution in [-0.2, 0) is 14.3 Å². The lowest BCUT2D eigenvalue weighted by atomic mass is 9.76. The number of nitrogens with zero attached hydrogens (tertiary/aromatic N) is 2. The summed E-state index contributed by atoms with van der Waals surface area (Å²) in [5, 5.41) is 0. The van der Waals surface area contributed by atoms with Gasteiger partial charge < -0.3 is 23.8 Å². The first-order valence-corrected chi connectivity index (χ1v) is 11.4. The van der Waals surface area contributed by atoms with Crippen molar-refractivity contribution in [3.05, 3.63) is 23.8 Å². The normalized spacial score (nSPS) is 25.2. The van der Waals surface area contributed by atoms with Gasteiger partial charge in [-0.3, -0.25) is 14.5 Å². The smallest absolute Gasteiger partial charge is 0.323 e. The first-order valence-electron chi connectivity index (χ1n) is 11.4. The van der Waals surface area contributed by atoms with Gasteiger partial charge in [0.15, 0.2) is 0 Å². The minimum atomic E-state index is -0.142. The summed E-state index contributed by atoms with van der Waals surface area (Å²) >= 11 is 0. The Balaban J connectivity index is 1.33. The van der Waals surface area contributed by atoms with E-state index < -0.39 is 0 Å². The van der Waals surface area contributed by atoms with E-state index in [-0.39, 0.29) is 29.4 Å². The number of ether oxygens (including phenoxy) is 4. The molecule has 0 saturated carbocycles. The number of amides is 1. The molecular formula is C24H34N2O6. The van der Waals surface area contributed by atoms with Gasteiger partial charge >= 0.3 is 5.97 Å². The lowest BCUT2D eigenvalue weighted by Crippen LogP contribution is -2.44. The van der Waals surface area contributed by atoms with E-state index in [0.717, 1.165) is 51.8 Å². The van der Waals surface area contributed by atoms with E-state index in [4.69, 9.17) is 18.9 Å². The molecule has 1 spiro atoms. The Morgan fingerprint density at radius 1 is 1.06 bits per heavy atom. The van der Waals surface area contributed by atoms with E-state index in [9.17, 15) is 9.59 Å². The molecule has 3 heterocycles. The van der Waals surface area contributed by atoms with Crippen LogP contribution in [0.25, 0.3) is 0 Å². The third-order valence-electron chi connectivity index (χ3n) is 7.27. The number of likely N-dealkylation sites (tertiary alicyclic amines) is 2. The van der Waals surface area contributed by atoms with Crippen molar-refractivity contribution in [2.45, 2.75) is 44.2 Å². The largest absolute Gasteiger partial charge is 0.497 e. The molecule has 1 amide bonds. The highest BCUT2D eigenvalue weighted by molar-refractivity contribution is 5.95. The van der Waals surface area contributed by atoms with Crippen molar-refractivity contribution in [2.24, 2.45) is 5.41 Å². The summed E-state index contributed by atoms with van der Waals surface area (Å²) in [4.78, 5) is 29.3. The van der Waals surface area contributed by atoms with Crippen molar-refractivity contribution >= 4 is 11.9 Å². The van der Waals surface area contributed by atoms with Crippen LogP contribution in [0.3, 0.4) is 0 Å². The molecule has 32 heavy (non-hydrogen) atoms.